The van der Waals surface area contributed by atoms with Crippen LogP contribution in [0.5, 0.6) is 0 Å². The van der Waals surface area contributed by atoms with Gasteiger partial charge in [-0.25, -0.2) is 0 Å². The zero-order valence-corrected chi connectivity index (χ0v) is 20.2. The number of halogens is 1. The van der Waals surface area contributed by atoms with Gasteiger partial charge in [-0.05, 0) is 49.2 Å². The van der Waals surface area contributed by atoms with Crippen molar-refractivity contribution < 1.29 is 0 Å². The first-order valence-corrected chi connectivity index (χ1v) is 12.5. The van der Waals surface area contributed by atoms with E-state index in [2.05, 4.69) is 44.3 Å². The normalized spacial score (nSPS) is 18.5. The van der Waals surface area contributed by atoms with Gasteiger partial charge in [-0.15, -0.1) is 0 Å². The first-order valence-electron chi connectivity index (χ1n) is 12.2. The van der Waals surface area contributed by atoms with Gasteiger partial charge < -0.3 is 10.2 Å². The molecule has 0 aromatic heterocycles. The third-order valence-electron chi connectivity index (χ3n) is 6.67. The Morgan fingerprint density at radius 1 is 0.818 bits per heavy atom. The molecular weight excluding hydrogens is 430 g/mol. The summed E-state index contributed by atoms with van der Waals surface area (Å²) in [5, 5.41) is 13.0. The van der Waals surface area contributed by atoms with Crippen molar-refractivity contribution >= 4 is 17.3 Å². The maximum Gasteiger partial charge on any atom is 0.0671 e. The Morgan fingerprint density at radius 2 is 1.42 bits per heavy atom. The maximum absolute atomic E-state index is 8.87. The smallest absolute Gasteiger partial charge is 0.0671 e. The number of rotatable bonds is 10. The highest BCUT2D eigenvalue weighted by atomic mass is 35.5. The Morgan fingerprint density at radius 3 is 2.09 bits per heavy atom. The average Bonchev–Trinajstić information content (AvgIpc) is 3.37. The van der Waals surface area contributed by atoms with Crippen LogP contribution in [0.15, 0.2) is 66.4 Å². The van der Waals surface area contributed by atoms with Gasteiger partial charge in [0.2, 0.25) is 0 Å². The van der Waals surface area contributed by atoms with Crippen molar-refractivity contribution in [2.75, 3.05) is 58.9 Å². The van der Waals surface area contributed by atoms with E-state index in [4.69, 9.17) is 17.0 Å². The monoisotopic (exact) mass is 465 g/mol. The number of benzene rings is 2. The maximum atomic E-state index is 8.87. The highest BCUT2D eigenvalue weighted by molar-refractivity contribution is 6.30. The summed E-state index contributed by atoms with van der Waals surface area (Å²) in [6.07, 6.45) is 4.76. The first kappa shape index (κ1) is 24.0. The Hall–Kier alpha value is -2.18. The molecule has 0 radical (unpaired) electrons. The van der Waals surface area contributed by atoms with E-state index in [-0.39, 0.29) is 0 Å². The predicted molar refractivity (Wildman–Crippen MR) is 138 cm³/mol. The Bertz CT molecular complexity index is 898. The molecule has 2 aromatic rings. The van der Waals surface area contributed by atoms with Gasteiger partial charge in [0.05, 0.1) is 5.71 Å². The van der Waals surface area contributed by atoms with E-state index >= 15 is 0 Å². The summed E-state index contributed by atoms with van der Waals surface area (Å²) in [7, 11) is 0. The predicted octanol–water partition coefficient (Wildman–Crippen LogP) is 4.09. The van der Waals surface area contributed by atoms with E-state index in [0.29, 0.717) is 10.7 Å². The van der Waals surface area contributed by atoms with E-state index in [1.54, 1.807) is 0 Å². The lowest BCUT2D eigenvalue weighted by Gasteiger charge is -2.36. The molecule has 0 saturated carbocycles. The Balaban J connectivity index is 1.34. The molecule has 2 saturated heterocycles. The summed E-state index contributed by atoms with van der Waals surface area (Å²) in [5.41, 5.74) is 3.71. The van der Waals surface area contributed by atoms with Crippen LogP contribution in [-0.2, 0) is 6.54 Å². The SMILES string of the molecule is N=C(/C(=C\NCc1ccccc1)CN1CCN(CCN2CCCC2)CC1)c1ccc(Cl)cc1. The van der Waals surface area contributed by atoms with Gasteiger partial charge in [0.1, 0.15) is 0 Å². The Kier molecular flexibility index (Phi) is 8.95. The molecule has 0 amide bonds. The zero-order chi connectivity index (χ0) is 22.9. The van der Waals surface area contributed by atoms with E-state index < -0.39 is 0 Å². The molecule has 2 aliphatic heterocycles. The summed E-state index contributed by atoms with van der Waals surface area (Å²) in [6, 6.07) is 18.0. The van der Waals surface area contributed by atoms with Crippen LogP contribution < -0.4 is 5.32 Å². The van der Waals surface area contributed by atoms with E-state index in [9.17, 15) is 0 Å². The molecule has 5 nitrogen and oxygen atoms in total. The topological polar surface area (TPSA) is 45.6 Å². The largest absolute Gasteiger partial charge is 0.386 e. The van der Waals surface area contributed by atoms with Crippen LogP contribution in [-0.4, -0.2) is 79.3 Å². The molecule has 4 rings (SSSR count). The third kappa shape index (κ3) is 7.41. The number of hydrogen-bond donors (Lipinski definition) is 2. The average molecular weight is 466 g/mol. The summed E-state index contributed by atoms with van der Waals surface area (Å²) in [5.74, 6) is 0. The number of hydrogen-bond acceptors (Lipinski definition) is 5. The molecule has 2 aliphatic rings. The summed E-state index contributed by atoms with van der Waals surface area (Å²) >= 11 is 6.07. The highest BCUT2D eigenvalue weighted by Gasteiger charge is 2.20. The highest BCUT2D eigenvalue weighted by Crippen LogP contribution is 2.15. The molecule has 6 heteroatoms. The van der Waals surface area contributed by atoms with Crippen LogP contribution >= 0.6 is 11.6 Å². The molecule has 0 bridgehead atoms. The molecule has 2 fully saturated rings. The van der Waals surface area contributed by atoms with Gasteiger partial charge in [-0.3, -0.25) is 15.2 Å². The van der Waals surface area contributed by atoms with Gasteiger partial charge in [0, 0.05) is 69.2 Å². The second-order valence-corrected chi connectivity index (χ2v) is 9.52. The number of nitrogens with zero attached hydrogens (tertiary/aromatic N) is 3. The number of nitrogens with one attached hydrogen (secondary N) is 2. The molecule has 2 N–H and O–H groups in total. The number of likely N-dealkylation sites (tertiary alicyclic amines) is 1. The standard InChI is InChI=1S/C27H36ClN5/c28-26-10-8-24(9-11-26)27(29)25(21-30-20-23-6-2-1-3-7-23)22-33-18-16-32(17-19-33)15-14-31-12-4-5-13-31/h1-3,6-11,21,29-30H,4-5,12-20,22H2/b25-21-,29-27?. The van der Waals surface area contributed by atoms with Gasteiger partial charge in [-0.2, -0.15) is 0 Å². The third-order valence-corrected chi connectivity index (χ3v) is 6.92. The van der Waals surface area contributed by atoms with Crippen LogP contribution in [0.25, 0.3) is 0 Å². The van der Waals surface area contributed by atoms with Crippen molar-refractivity contribution in [3.05, 3.63) is 82.5 Å². The summed E-state index contributed by atoms with van der Waals surface area (Å²) < 4.78 is 0. The van der Waals surface area contributed by atoms with Crippen molar-refractivity contribution in [3.63, 3.8) is 0 Å². The minimum atomic E-state index is 0.559. The van der Waals surface area contributed by atoms with Crippen LogP contribution in [0.3, 0.4) is 0 Å². The van der Waals surface area contributed by atoms with Crippen molar-refractivity contribution in [1.82, 2.24) is 20.0 Å². The lowest BCUT2D eigenvalue weighted by molar-refractivity contribution is 0.130. The lowest BCUT2D eigenvalue weighted by Crippen LogP contribution is -2.49. The second kappa shape index (κ2) is 12.3. The quantitative estimate of drug-likeness (QED) is 0.519. The molecule has 2 aromatic carbocycles. The van der Waals surface area contributed by atoms with Gasteiger partial charge in [0.25, 0.3) is 0 Å². The van der Waals surface area contributed by atoms with Crippen LogP contribution in [0.1, 0.15) is 24.0 Å². The van der Waals surface area contributed by atoms with E-state index in [1.807, 2.05) is 36.5 Å². The van der Waals surface area contributed by atoms with Gasteiger partial charge >= 0.3 is 0 Å². The zero-order valence-electron chi connectivity index (χ0n) is 19.5. The van der Waals surface area contributed by atoms with E-state index in [0.717, 1.165) is 50.4 Å². The Labute approximate surface area is 203 Å². The van der Waals surface area contributed by atoms with E-state index in [1.165, 1.54) is 44.6 Å². The van der Waals surface area contributed by atoms with Crippen LogP contribution in [0.4, 0.5) is 0 Å². The van der Waals surface area contributed by atoms with Crippen LogP contribution in [0, 0.1) is 5.41 Å². The fourth-order valence-electron chi connectivity index (χ4n) is 4.59. The minimum absolute atomic E-state index is 0.559. The molecule has 0 atom stereocenters. The summed E-state index contributed by atoms with van der Waals surface area (Å²) in [4.78, 5) is 7.67. The molecule has 0 aliphatic carbocycles. The molecular formula is C27H36ClN5. The van der Waals surface area contributed by atoms with Crippen molar-refractivity contribution in [2.24, 2.45) is 0 Å². The molecule has 2 heterocycles. The second-order valence-electron chi connectivity index (χ2n) is 9.08. The van der Waals surface area contributed by atoms with Crippen molar-refractivity contribution in [2.45, 2.75) is 19.4 Å². The number of piperazine rings is 1. The molecule has 0 spiro atoms. The van der Waals surface area contributed by atoms with Gasteiger partial charge in [0.15, 0.2) is 0 Å². The molecule has 33 heavy (non-hydrogen) atoms. The minimum Gasteiger partial charge on any atom is -0.386 e. The summed E-state index contributed by atoms with van der Waals surface area (Å²) in [6.45, 7) is 10.8. The van der Waals surface area contributed by atoms with Crippen molar-refractivity contribution in [3.8, 4) is 0 Å². The molecule has 176 valence electrons. The lowest BCUT2D eigenvalue weighted by atomic mass is 10.0. The van der Waals surface area contributed by atoms with Gasteiger partial charge in [-0.1, -0.05) is 54.1 Å². The fourth-order valence-corrected chi connectivity index (χ4v) is 4.71. The first-order chi connectivity index (χ1) is 16.2. The van der Waals surface area contributed by atoms with Crippen molar-refractivity contribution in [1.29, 1.82) is 5.41 Å². The van der Waals surface area contributed by atoms with Crippen LogP contribution in [0.2, 0.25) is 5.02 Å². The fraction of sp³-hybridized carbons (Fsp3) is 0.444. The molecule has 0 unspecified atom stereocenters.